The molecule has 1 aromatic rings. The van der Waals surface area contributed by atoms with E-state index in [2.05, 4.69) is 5.32 Å². The van der Waals surface area contributed by atoms with Crippen molar-refractivity contribution in [2.75, 3.05) is 19.1 Å². The first kappa shape index (κ1) is 17.9. The predicted molar refractivity (Wildman–Crippen MR) is 84.9 cm³/mol. The summed E-state index contributed by atoms with van der Waals surface area (Å²) in [5.74, 6) is -0.606. The first-order chi connectivity index (χ1) is 11.4. The van der Waals surface area contributed by atoms with Crippen molar-refractivity contribution in [3.05, 3.63) is 33.9 Å². The van der Waals surface area contributed by atoms with E-state index in [1.54, 1.807) is 18.2 Å². The molecule has 1 aliphatic rings. The van der Waals surface area contributed by atoms with E-state index in [4.69, 9.17) is 14.6 Å². The number of rotatable bonds is 8. The third-order valence-electron chi connectivity index (χ3n) is 3.22. The SMILES string of the molecule is CC(=O)N[C@@H](CS[C@H](C[N+](=O)[O-])c1ccc2c(c1)OCO2)C(=O)O. The van der Waals surface area contributed by atoms with Gasteiger partial charge in [0.2, 0.25) is 19.2 Å². The average Bonchev–Trinajstić information content (AvgIpc) is 2.96. The van der Waals surface area contributed by atoms with Gasteiger partial charge in [-0.2, -0.15) is 0 Å². The average molecular weight is 356 g/mol. The maximum atomic E-state index is 11.2. The molecular formula is C14H16N2O7S. The minimum absolute atomic E-state index is 0.00185. The quantitative estimate of drug-likeness (QED) is 0.522. The van der Waals surface area contributed by atoms with E-state index in [9.17, 15) is 19.7 Å². The zero-order valence-electron chi connectivity index (χ0n) is 12.8. The molecule has 9 nitrogen and oxygen atoms in total. The minimum Gasteiger partial charge on any atom is -0.480 e. The van der Waals surface area contributed by atoms with Gasteiger partial charge in [0.15, 0.2) is 11.5 Å². The zero-order valence-corrected chi connectivity index (χ0v) is 13.6. The van der Waals surface area contributed by atoms with Crippen LogP contribution in [0.15, 0.2) is 18.2 Å². The molecule has 24 heavy (non-hydrogen) atoms. The Balaban J connectivity index is 2.11. The number of nitro groups is 1. The van der Waals surface area contributed by atoms with E-state index in [-0.39, 0.29) is 19.1 Å². The minimum atomic E-state index is -1.19. The highest BCUT2D eigenvalue weighted by Gasteiger charge is 2.26. The number of carbonyl (C=O) groups excluding carboxylic acids is 1. The van der Waals surface area contributed by atoms with Gasteiger partial charge in [0.25, 0.3) is 0 Å². The molecule has 2 N–H and O–H groups in total. The van der Waals surface area contributed by atoms with E-state index in [1.807, 2.05) is 0 Å². The topological polar surface area (TPSA) is 128 Å². The van der Waals surface area contributed by atoms with Crippen molar-refractivity contribution in [3.63, 3.8) is 0 Å². The Bertz CT molecular complexity index is 652. The normalized spacial score (nSPS) is 14.7. The second kappa shape index (κ2) is 7.86. The fourth-order valence-electron chi connectivity index (χ4n) is 2.14. The molecule has 0 saturated heterocycles. The van der Waals surface area contributed by atoms with E-state index >= 15 is 0 Å². The van der Waals surface area contributed by atoms with Crippen LogP contribution < -0.4 is 14.8 Å². The molecule has 1 aromatic carbocycles. The van der Waals surface area contributed by atoms with Gasteiger partial charge in [0.05, 0.1) is 5.25 Å². The summed E-state index contributed by atoms with van der Waals surface area (Å²) in [6.45, 7) is 0.930. The highest BCUT2D eigenvalue weighted by molar-refractivity contribution is 7.99. The van der Waals surface area contributed by atoms with Gasteiger partial charge in [0.1, 0.15) is 6.04 Å². The van der Waals surface area contributed by atoms with E-state index in [0.717, 1.165) is 11.8 Å². The molecule has 0 fully saturated rings. The van der Waals surface area contributed by atoms with E-state index in [0.29, 0.717) is 17.1 Å². The van der Waals surface area contributed by atoms with Gasteiger partial charge in [0, 0.05) is 17.6 Å². The van der Waals surface area contributed by atoms with Gasteiger partial charge in [-0.3, -0.25) is 14.9 Å². The molecule has 0 bridgehead atoms. The van der Waals surface area contributed by atoms with Gasteiger partial charge in [-0.25, -0.2) is 4.79 Å². The summed E-state index contributed by atoms with van der Waals surface area (Å²) in [4.78, 5) is 32.7. The molecule has 1 amide bonds. The van der Waals surface area contributed by atoms with Gasteiger partial charge < -0.3 is 19.9 Å². The number of nitrogens with one attached hydrogen (secondary N) is 1. The van der Waals surface area contributed by atoms with Crippen LogP contribution in [0.5, 0.6) is 11.5 Å². The molecule has 10 heteroatoms. The van der Waals surface area contributed by atoms with Gasteiger partial charge in [-0.15, -0.1) is 11.8 Å². The lowest BCUT2D eigenvalue weighted by molar-refractivity contribution is -0.479. The molecule has 1 heterocycles. The molecule has 0 saturated carbocycles. The maximum absolute atomic E-state index is 11.2. The van der Waals surface area contributed by atoms with E-state index in [1.165, 1.54) is 6.92 Å². The third-order valence-corrected chi connectivity index (χ3v) is 4.57. The smallest absolute Gasteiger partial charge is 0.327 e. The van der Waals surface area contributed by atoms with Crippen LogP contribution in [0.2, 0.25) is 0 Å². The highest BCUT2D eigenvalue weighted by atomic mass is 32.2. The van der Waals surface area contributed by atoms with Gasteiger partial charge >= 0.3 is 5.97 Å². The second-order valence-electron chi connectivity index (χ2n) is 5.04. The van der Waals surface area contributed by atoms with Crippen molar-refractivity contribution in [2.45, 2.75) is 18.2 Å². The van der Waals surface area contributed by atoms with Crippen LogP contribution in [0.4, 0.5) is 0 Å². The Morgan fingerprint density at radius 1 is 1.42 bits per heavy atom. The van der Waals surface area contributed by atoms with Crippen LogP contribution in [-0.2, 0) is 9.59 Å². The van der Waals surface area contributed by atoms with Crippen LogP contribution >= 0.6 is 11.8 Å². The Kier molecular flexibility index (Phi) is 5.85. The predicted octanol–water partition coefficient (Wildman–Crippen LogP) is 1.06. The lowest BCUT2D eigenvalue weighted by atomic mass is 10.1. The molecule has 0 unspecified atom stereocenters. The first-order valence-electron chi connectivity index (χ1n) is 6.99. The lowest BCUT2D eigenvalue weighted by Gasteiger charge is -2.17. The van der Waals surface area contributed by atoms with Crippen molar-refractivity contribution in [1.82, 2.24) is 5.32 Å². The van der Waals surface area contributed by atoms with Crippen LogP contribution in [0.1, 0.15) is 17.7 Å². The molecule has 0 spiro atoms. The third kappa shape index (κ3) is 4.75. The van der Waals surface area contributed by atoms with Crippen molar-refractivity contribution < 1.29 is 29.1 Å². The van der Waals surface area contributed by atoms with Crippen molar-refractivity contribution in [2.24, 2.45) is 0 Å². The number of carboxylic acid groups (broad SMARTS) is 1. The molecule has 0 aromatic heterocycles. The Labute approximate surface area is 141 Å². The van der Waals surface area contributed by atoms with Crippen LogP contribution in [0.25, 0.3) is 0 Å². The summed E-state index contributed by atoms with van der Waals surface area (Å²) >= 11 is 1.09. The van der Waals surface area contributed by atoms with Crippen LogP contribution in [-0.4, -0.2) is 47.0 Å². The number of amides is 1. The van der Waals surface area contributed by atoms with Crippen molar-refractivity contribution >= 4 is 23.6 Å². The molecular weight excluding hydrogens is 340 g/mol. The molecule has 1 aliphatic heterocycles. The fraction of sp³-hybridized carbons (Fsp3) is 0.429. The monoisotopic (exact) mass is 356 g/mol. The Morgan fingerprint density at radius 2 is 2.12 bits per heavy atom. The Morgan fingerprint density at radius 3 is 2.75 bits per heavy atom. The molecule has 2 atom stereocenters. The summed E-state index contributed by atoms with van der Waals surface area (Å²) in [6.07, 6.45) is 0. The number of fused-ring (bicyclic) bond motifs is 1. The lowest BCUT2D eigenvalue weighted by Crippen LogP contribution is -2.41. The second-order valence-corrected chi connectivity index (χ2v) is 6.28. The van der Waals surface area contributed by atoms with E-state index < -0.39 is 28.1 Å². The first-order valence-corrected chi connectivity index (χ1v) is 8.04. The molecule has 0 radical (unpaired) electrons. The number of hydrogen-bond acceptors (Lipinski definition) is 7. The van der Waals surface area contributed by atoms with Crippen LogP contribution in [0, 0.1) is 10.1 Å². The number of nitrogens with zero attached hydrogens (tertiary/aromatic N) is 1. The summed E-state index contributed by atoms with van der Waals surface area (Å²) in [7, 11) is 0. The van der Waals surface area contributed by atoms with Gasteiger partial charge in [-0.05, 0) is 17.7 Å². The molecule has 0 aliphatic carbocycles. The maximum Gasteiger partial charge on any atom is 0.327 e. The summed E-state index contributed by atoms with van der Waals surface area (Å²) in [5.41, 5.74) is 0.632. The highest BCUT2D eigenvalue weighted by Crippen LogP contribution is 2.38. The number of hydrogen-bond donors (Lipinski definition) is 2. The molecule has 130 valence electrons. The number of carbonyl (C=O) groups is 2. The number of thioether (sulfide) groups is 1. The number of ether oxygens (including phenoxy) is 2. The summed E-state index contributed by atoms with van der Waals surface area (Å²) < 4.78 is 10.5. The number of aliphatic carboxylic acids is 1. The summed E-state index contributed by atoms with van der Waals surface area (Å²) in [5, 5.41) is 21.8. The zero-order chi connectivity index (χ0) is 17.7. The number of benzene rings is 1. The fourth-order valence-corrected chi connectivity index (χ4v) is 3.35. The van der Waals surface area contributed by atoms with Crippen LogP contribution in [0.3, 0.4) is 0 Å². The molecule has 2 rings (SSSR count). The van der Waals surface area contributed by atoms with Crippen molar-refractivity contribution in [1.29, 1.82) is 0 Å². The van der Waals surface area contributed by atoms with Gasteiger partial charge in [-0.1, -0.05) is 6.07 Å². The largest absolute Gasteiger partial charge is 0.480 e. The van der Waals surface area contributed by atoms with Crippen molar-refractivity contribution in [3.8, 4) is 11.5 Å². The Hall–Kier alpha value is -2.49. The number of carboxylic acids is 1. The summed E-state index contributed by atoms with van der Waals surface area (Å²) in [6, 6.07) is 3.88. The standard InChI is InChI=1S/C14H16N2O7S/c1-8(17)15-10(14(18)19)6-24-13(5-16(20)21)9-2-3-11-12(4-9)23-7-22-11/h2-4,10,13H,5-7H2,1H3,(H,15,17)(H,18,19)/t10-,13+/m0/s1.